The van der Waals surface area contributed by atoms with Gasteiger partial charge in [-0.1, -0.05) is 0 Å². The molecule has 0 aromatic heterocycles. The number of likely N-dealkylation sites (tertiary alicyclic amines) is 1. The Morgan fingerprint density at radius 1 is 1.31 bits per heavy atom. The van der Waals surface area contributed by atoms with Crippen molar-refractivity contribution in [1.29, 1.82) is 0 Å². The Balaban J connectivity index is 2.44. The van der Waals surface area contributed by atoms with Crippen molar-refractivity contribution < 1.29 is 9.90 Å². The van der Waals surface area contributed by atoms with Gasteiger partial charge < -0.3 is 10.0 Å². The van der Waals surface area contributed by atoms with Crippen LogP contribution in [0.15, 0.2) is 0 Å². The highest BCUT2D eigenvalue weighted by molar-refractivity contribution is 5.72. The number of hydrogen-bond acceptors (Lipinski definition) is 3. The van der Waals surface area contributed by atoms with Crippen molar-refractivity contribution in [2.24, 2.45) is 0 Å². The first-order valence-electron chi connectivity index (χ1n) is 6.12. The van der Waals surface area contributed by atoms with E-state index in [1.54, 1.807) is 6.92 Å². The van der Waals surface area contributed by atoms with Crippen molar-refractivity contribution in [3.8, 4) is 0 Å². The zero-order chi connectivity index (χ0) is 12.3. The second-order valence-electron chi connectivity index (χ2n) is 5.04. The third-order valence-electron chi connectivity index (χ3n) is 3.77. The van der Waals surface area contributed by atoms with Crippen LogP contribution in [0.25, 0.3) is 0 Å². The van der Waals surface area contributed by atoms with Gasteiger partial charge in [-0.3, -0.25) is 9.69 Å². The third-order valence-corrected chi connectivity index (χ3v) is 3.77. The molecule has 0 saturated carbocycles. The van der Waals surface area contributed by atoms with Gasteiger partial charge in [-0.25, -0.2) is 0 Å². The normalized spacial score (nSPS) is 21.6. The predicted molar refractivity (Wildman–Crippen MR) is 64.6 cm³/mol. The van der Waals surface area contributed by atoms with Crippen LogP contribution < -0.4 is 0 Å². The van der Waals surface area contributed by atoms with E-state index in [1.165, 1.54) is 0 Å². The quantitative estimate of drug-likeness (QED) is 0.787. The van der Waals surface area contributed by atoms with Crippen LogP contribution in [0.2, 0.25) is 0 Å². The number of carboxylic acids is 1. The minimum atomic E-state index is -0.728. The Morgan fingerprint density at radius 2 is 1.81 bits per heavy atom. The minimum absolute atomic E-state index is 0.379. The molecule has 94 valence electrons. The summed E-state index contributed by atoms with van der Waals surface area (Å²) >= 11 is 0. The highest BCUT2D eigenvalue weighted by atomic mass is 16.4. The van der Waals surface area contributed by atoms with Gasteiger partial charge in [0.15, 0.2) is 0 Å². The van der Waals surface area contributed by atoms with Gasteiger partial charge in [0.05, 0.1) is 0 Å². The van der Waals surface area contributed by atoms with Crippen LogP contribution in [-0.2, 0) is 4.79 Å². The molecule has 0 amide bonds. The highest BCUT2D eigenvalue weighted by Gasteiger charge is 2.28. The van der Waals surface area contributed by atoms with Gasteiger partial charge in [-0.2, -0.15) is 0 Å². The number of aliphatic carboxylic acids is 1. The Kier molecular flexibility index (Phi) is 4.74. The fraction of sp³-hybridized carbons (Fsp3) is 0.917. The standard InChI is InChI=1S/C12H24N2O2/c1-9(2)14-7-5-11(6-8-14)13(4)10(3)12(15)16/h9-11H,5-8H2,1-4H3,(H,15,16). The molecule has 0 aliphatic carbocycles. The zero-order valence-corrected chi connectivity index (χ0v) is 10.8. The number of carboxylic acid groups (broad SMARTS) is 1. The van der Waals surface area contributed by atoms with Gasteiger partial charge in [-0.15, -0.1) is 0 Å². The molecule has 1 atom stereocenters. The van der Waals surface area contributed by atoms with E-state index in [9.17, 15) is 4.79 Å². The summed E-state index contributed by atoms with van der Waals surface area (Å²) in [5.74, 6) is -0.728. The maximum Gasteiger partial charge on any atom is 0.320 e. The Morgan fingerprint density at radius 3 is 2.19 bits per heavy atom. The summed E-state index contributed by atoms with van der Waals surface area (Å²) in [6.07, 6.45) is 2.15. The minimum Gasteiger partial charge on any atom is -0.480 e. The Labute approximate surface area is 98.2 Å². The van der Waals surface area contributed by atoms with E-state index in [0.29, 0.717) is 12.1 Å². The second kappa shape index (κ2) is 5.64. The van der Waals surface area contributed by atoms with Crippen LogP contribution in [0.1, 0.15) is 33.6 Å². The van der Waals surface area contributed by atoms with E-state index in [2.05, 4.69) is 18.7 Å². The maximum atomic E-state index is 10.9. The van der Waals surface area contributed by atoms with E-state index in [4.69, 9.17) is 5.11 Å². The Hall–Kier alpha value is -0.610. The lowest BCUT2D eigenvalue weighted by molar-refractivity contribution is -0.143. The largest absolute Gasteiger partial charge is 0.480 e. The number of carbonyl (C=O) groups is 1. The van der Waals surface area contributed by atoms with Crippen molar-refractivity contribution in [2.45, 2.75) is 51.7 Å². The average molecular weight is 228 g/mol. The van der Waals surface area contributed by atoms with E-state index in [1.807, 2.05) is 11.9 Å². The molecule has 4 heteroatoms. The summed E-state index contributed by atoms with van der Waals surface area (Å²) in [5, 5.41) is 8.97. The van der Waals surface area contributed by atoms with Crippen molar-refractivity contribution in [1.82, 2.24) is 9.80 Å². The summed E-state index contributed by atoms with van der Waals surface area (Å²) < 4.78 is 0. The van der Waals surface area contributed by atoms with Crippen LogP contribution >= 0.6 is 0 Å². The molecule has 1 unspecified atom stereocenters. The van der Waals surface area contributed by atoms with Crippen LogP contribution in [0.5, 0.6) is 0 Å². The molecular weight excluding hydrogens is 204 g/mol. The molecule has 0 aromatic rings. The van der Waals surface area contributed by atoms with E-state index in [0.717, 1.165) is 25.9 Å². The van der Waals surface area contributed by atoms with Crippen molar-refractivity contribution in [2.75, 3.05) is 20.1 Å². The molecule has 1 heterocycles. The van der Waals surface area contributed by atoms with Crippen LogP contribution in [0, 0.1) is 0 Å². The molecule has 0 bridgehead atoms. The van der Waals surface area contributed by atoms with Gasteiger partial charge in [0.2, 0.25) is 0 Å². The first-order chi connectivity index (χ1) is 7.43. The zero-order valence-electron chi connectivity index (χ0n) is 10.8. The molecule has 0 radical (unpaired) electrons. The van der Waals surface area contributed by atoms with Crippen molar-refractivity contribution >= 4 is 5.97 Å². The summed E-state index contributed by atoms with van der Waals surface area (Å²) in [6, 6.07) is 0.639. The fourth-order valence-corrected chi connectivity index (χ4v) is 2.30. The van der Waals surface area contributed by atoms with Crippen molar-refractivity contribution in [3.63, 3.8) is 0 Å². The molecule has 0 aromatic carbocycles. The SMILES string of the molecule is CC(C)N1CCC(N(C)C(C)C(=O)O)CC1. The fourth-order valence-electron chi connectivity index (χ4n) is 2.30. The van der Waals surface area contributed by atoms with E-state index < -0.39 is 5.97 Å². The lowest BCUT2D eigenvalue weighted by Crippen LogP contribution is -2.49. The van der Waals surface area contributed by atoms with Crippen LogP contribution in [0.3, 0.4) is 0 Å². The van der Waals surface area contributed by atoms with Gasteiger partial charge in [0.1, 0.15) is 6.04 Å². The summed E-state index contributed by atoms with van der Waals surface area (Å²) in [5.41, 5.74) is 0. The molecule has 16 heavy (non-hydrogen) atoms. The van der Waals surface area contributed by atoms with Crippen LogP contribution in [-0.4, -0.2) is 59.1 Å². The lowest BCUT2D eigenvalue weighted by atomic mass is 10.0. The first kappa shape index (κ1) is 13.5. The third kappa shape index (κ3) is 3.19. The van der Waals surface area contributed by atoms with E-state index in [-0.39, 0.29) is 6.04 Å². The predicted octanol–water partition coefficient (Wildman–Crippen LogP) is 1.26. The van der Waals surface area contributed by atoms with Gasteiger partial charge in [0.25, 0.3) is 0 Å². The van der Waals surface area contributed by atoms with E-state index >= 15 is 0 Å². The van der Waals surface area contributed by atoms with Gasteiger partial charge in [0, 0.05) is 12.1 Å². The monoisotopic (exact) mass is 228 g/mol. The van der Waals surface area contributed by atoms with Crippen molar-refractivity contribution in [3.05, 3.63) is 0 Å². The summed E-state index contributed by atoms with van der Waals surface area (Å²) in [7, 11) is 1.93. The van der Waals surface area contributed by atoms with Crippen LogP contribution in [0.4, 0.5) is 0 Å². The topological polar surface area (TPSA) is 43.8 Å². The second-order valence-corrected chi connectivity index (χ2v) is 5.04. The number of rotatable bonds is 4. The summed E-state index contributed by atoms with van der Waals surface area (Å²) in [4.78, 5) is 15.4. The first-order valence-corrected chi connectivity index (χ1v) is 6.12. The lowest BCUT2D eigenvalue weighted by Gasteiger charge is -2.39. The average Bonchev–Trinajstić information content (AvgIpc) is 2.27. The molecule has 1 aliphatic heterocycles. The number of likely N-dealkylation sites (N-methyl/N-ethyl adjacent to an activating group) is 1. The molecule has 1 N–H and O–H groups in total. The number of piperidine rings is 1. The highest BCUT2D eigenvalue weighted by Crippen LogP contribution is 2.18. The molecule has 1 fully saturated rings. The number of nitrogens with zero attached hydrogens (tertiary/aromatic N) is 2. The summed E-state index contributed by atoms with van der Waals surface area (Å²) in [6.45, 7) is 8.35. The number of hydrogen-bond donors (Lipinski definition) is 1. The molecule has 4 nitrogen and oxygen atoms in total. The molecule has 0 spiro atoms. The van der Waals surface area contributed by atoms with Gasteiger partial charge >= 0.3 is 5.97 Å². The molecule has 1 rings (SSSR count). The Bertz CT molecular complexity index is 235. The molecule has 1 aliphatic rings. The smallest absolute Gasteiger partial charge is 0.320 e. The van der Waals surface area contributed by atoms with Gasteiger partial charge in [-0.05, 0) is 53.8 Å². The maximum absolute atomic E-state index is 10.9. The molecular formula is C12H24N2O2. The molecule has 1 saturated heterocycles.